The highest BCUT2D eigenvalue weighted by molar-refractivity contribution is 5.82. The molecule has 0 saturated carbocycles. The third kappa shape index (κ3) is 11.5. The van der Waals surface area contributed by atoms with E-state index < -0.39 is 29.6 Å². The molecular weight excluding hydrogens is 276 g/mol. The molecule has 21 heavy (non-hydrogen) atoms. The van der Waals surface area contributed by atoms with Crippen molar-refractivity contribution in [3.8, 4) is 0 Å². The molecule has 3 N–H and O–H groups in total. The molecule has 0 aliphatic heterocycles. The summed E-state index contributed by atoms with van der Waals surface area (Å²) in [6.07, 6.45) is 2.36. The fourth-order valence-corrected chi connectivity index (χ4v) is 1.36. The van der Waals surface area contributed by atoms with E-state index in [2.05, 4.69) is 5.32 Å². The first-order valence-electron chi connectivity index (χ1n) is 6.77. The molecule has 0 aromatic rings. The summed E-state index contributed by atoms with van der Waals surface area (Å²) in [6, 6.07) is -0.545. The Kier molecular flexibility index (Phi) is 8.11. The van der Waals surface area contributed by atoms with Gasteiger partial charge in [0.05, 0.1) is 12.6 Å². The Labute approximate surface area is 124 Å². The second-order valence-electron chi connectivity index (χ2n) is 5.37. The van der Waals surface area contributed by atoms with Crippen LogP contribution in [0.5, 0.6) is 0 Å². The van der Waals surface area contributed by atoms with E-state index in [1.165, 1.54) is 12.2 Å². The zero-order chi connectivity index (χ0) is 16.5. The molecule has 0 aliphatic rings. The summed E-state index contributed by atoms with van der Waals surface area (Å²) < 4.78 is 9.86. The zero-order valence-electron chi connectivity index (χ0n) is 13.0. The minimum Gasteiger partial charge on any atom is -0.463 e. The number of ether oxygens (including phenoxy) is 2. The molecule has 0 bridgehead atoms. The first kappa shape index (κ1) is 18.9. The van der Waals surface area contributed by atoms with Crippen LogP contribution >= 0.6 is 0 Å². The predicted molar refractivity (Wildman–Crippen MR) is 77.4 cm³/mol. The van der Waals surface area contributed by atoms with Crippen LogP contribution in [0.25, 0.3) is 0 Å². The number of amides is 2. The molecule has 0 aromatic carbocycles. The lowest BCUT2D eigenvalue weighted by molar-refractivity contribution is -0.137. The number of esters is 1. The van der Waals surface area contributed by atoms with Crippen LogP contribution in [0.15, 0.2) is 12.2 Å². The number of alkyl carbamates (subject to hydrolysis) is 1. The average molecular weight is 300 g/mol. The Bertz CT molecular complexity index is 399. The minimum atomic E-state index is -0.636. The molecule has 0 radical (unpaired) electrons. The van der Waals surface area contributed by atoms with Gasteiger partial charge in [-0.15, -0.1) is 0 Å². The maximum atomic E-state index is 11.7. The van der Waals surface area contributed by atoms with Gasteiger partial charge in [-0.25, -0.2) is 9.59 Å². The van der Waals surface area contributed by atoms with E-state index in [0.717, 1.165) is 0 Å². The Morgan fingerprint density at radius 1 is 1.29 bits per heavy atom. The molecule has 0 aliphatic carbocycles. The van der Waals surface area contributed by atoms with Crippen molar-refractivity contribution in [1.29, 1.82) is 0 Å². The van der Waals surface area contributed by atoms with Crippen molar-refractivity contribution in [2.75, 3.05) is 6.61 Å². The quantitative estimate of drug-likeness (QED) is 0.543. The normalized spacial score (nSPS) is 12.8. The van der Waals surface area contributed by atoms with Crippen LogP contribution in [0, 0.1) is 0 Å². The van der Waals surface area contributed by atoms with Gasteiger partial charge in [0, 0.05) is 12.5 Å². The molecule has 7 nitrogen and oxygen atoms in total. The Balaban J connectivity index is 4.62. The van der Waals surface area contributed by atoms with E-state index in [1.807, 2.05) is 0 Å². The van der Waals surface area contributed by atoms with Crippen molar-refractivity contribution >= 4 is 18.0 Å². The van der Waals surface area contributed by atoms with Crippen LogP contribution in [-0.4, -0.2) is 36.2 Å². The highest BCUT2D eigenvalue weighted by atomic mass is 16.6. The van der Waals surface area contributed by atoms with Gasteiger partial charge in [0.2, 0.25) is 5.91 Å². The van der Waals surface area contributed by atoms with E-state index >= 15 is 0 Å². The first-order chi connectivity index (χ1) is 9.64. The molecule has 0 aromatic heterocycles. The van der Waals surface area contributed by atoms with E-state index in [-0.39, 0.29) is 19.4 Å². The third-order valence-electron chi connectivity index (χ3n) is 2.16. The molecule has 0 spiro atoms. The van der Waals surface area contributed by atoms with Gasteiger partial charge in [0.1, 0.15) is 5.60 Å². The van der Waals surface area contributed by atoms with Gasteiger partial charge in [-0.1, -0.05) is 6.08 Å². The number of carbonyl (C=O) groups is 3. The highest BCUT2D eigenvalue weighted by Gasteiger charge is 2.18. The summed E-state index contributed by atoms with van der Waals surface area (Å²) in [4.78, 5) is 33.8. The van der Waals surface area contributed by atoms with Crippen LogP contribution in [0.4, 0.5) is 4.79 Å². The van der Waals surface area contributed by atoms with E-state index in [0.29, 0.717) is 0 Å². The molecule has 2 amide bonds. The first-order valence-corrected chi connectivity index (χ1v) is 6.77. The molecule has 1 unspecified atom stereocenters. The molecule has 0 saturated heterocycles. The third-order valence-corrected chi connectivity index (χ3v) is 2.16. The van der Waals surface area contributed by atoms with Gasteiger partial charge >= 0.3 is 12.1 Å². The highest BCUT2D eigenvalue weighted by Crippen LogP contribution is 2.08. The number of nitrogens with one attached hydrogen (secondary N) is 1. The topological polar surface area (TPSA) is 108 Å². The fourth-order valence-electron chi connectivity index (χ4n) is 1.36. The molecule has 0 heterocycles. The van der Waals surface area contributed by atoms with Crippen molar-refractivity contribution in [2.24, 2.45) is 5.73 Å². The molecular formula is C14H24N2O5. The lowest BCUT2D eigenvalue weighted by Crippen LogP contribution is -2.38. The van der Waals surface area contributed by atoms with Crippen molar-refractivity contribution in [1.82, 2.24) is 5.32 Å². The standard InChI is InChI=1S/C14H24N2O5/c1-5-20-12(18)9-7-10(6-8-11(15)17)16-13(19)21-14(2,3)4/h7,9-10H,5-6,8H2,1-4H3,(H2,15,17)(H,16,19)/b9-7+. The van der Waals surface area contributed by atoms with Crippen molar-refractivity contribution in [3.63, 3.8) is 0 Å². The van der Waals surface area contributed by atoms with E-state index in [9.17, 15) is 14.4 Å². The summed E-state index contributed by atoms with van der Waals surface area (Å²) in [5.41, 5.74) is 4.44. The summed E-state index contributed by atoms with van der Waals surface area (Å²) >= 11 is 0. The van der Waals surface area contributed by atoms with Crippen LogP contribution in [0.2, 0.25) is 0 Å². The van der Waals surface area contributed by atoms with Crippen molar-refractivity contribution in [3.05, 3.63) is 12.2 Å². The second-order valence-corrected chi connectivity index (χ2v) is 5.37. The molecule has 1 atom stereocenters. The van der Waals surface area contributed by atoms with Gasteiger partial charge < -0.3 is 20.5 Å². The van der Waals surface area contributed by atoms with Crippen molar-refractivity contribution < 1.29 is 23.9 Å². The molecule has 120 valence electrons. The zero-order valence-corrected chi connectivity index (χ0v) is 13.0. The predicted octanol–water partition coefficient (Wildman–Crippen LogP) is 1.26. The Morgan fingerprint density at radius 3 is 2.38 bits per heavy atom. The van der Waals surface area contributed by atoms with Crippen LogP contribution in [-0.2, 0) is 19.1 Å². The van der Waals surface area contributed by atoms with Gasteiger partial charge in [0.15, 0.2) is 0 Å². The maximum absolute atomic E-state index is 11.7. The van der Waals surface area contributed by atoms with Gasteiger partial charge in [-0.05, 0) is 34.1 Å². The molecule has 0 rings (SSSR count). The van der Waals surface area contributed by atoms with Gasteiger partial charge in [-0.2, -0.15) is 0 Å². The number of primary amides is 1. The van der Waals surface area contributed by atoms with Crippen LogP contribution < -0.4 is 11.1 Å². The summed E-state index contributed by atoms with van der Waals surface area (Å²) in [5, 5.41) is 2.56. The second kappa shape index (κ2) is 8.99. The average Bonchev–Trinajstić information content (AvgIpc) is 2.30. The van der Waals surface area contributed by atoms with Crippen molar-refractivity contribution in [2.45, 2.75) is 52.2 Å². The largest absolute Gasteiger partial charge is 0.463 e. The van der Waals surface area contributed by atoms with Crippen LogP contribution in [0.1, 0.15) is 40.5 Å². The Morgan fingerprint density at radius 2 is 1.90 bits per heavy atom. The number of nitrogens with two attached hydrogens (primary N) is 1. The summed E-state index contributed by atoms with van der Waals surface area (Å²) in [6.45, 7) is 7.15. The van der Waals surface area contributed by atoms with Crippen LogP contribution in [0.3, 0.4) is 0 Å². The lowest BCUT2D eigenvalue weighted by atomic mass is 10.1. The summed E-state index contributed by atoms with van der Waals surface area (Å²) in [7, 11) is 0. The number of carbonyl (C=O) groups excluding carboxylic acids is 3. The van der Waals surface area contributed by atoms with Gasteiger partial charge in [0.25, 0.3) is 0 Å². The maximum Gasteiger partial charge on any atom is 0.408 e. The number of hydrogen-bond donors (Lipinski definition) is 2. The molecule has 7 heteroatoms. The lowest BCUT2D eigenvalue weighted by Gasteiger charge is -2.22. The smallest absolute Gasteiger partial charge is 0.408 e. The van der Waals surface area contributed by atoms with E-state index in [4.69, 9.17) is 15.2 Å². The van der Waals surface area contributed by atoms with Gasteiger partial charge in [-0.3, -0.25) is 4.79 Å². The monoisotopic (exact) mass is 300 g/mol. The van der Waals surface area contributed by atoms with E-state index in [1.54, 1.807) is 27.7 Å². The number of hydrogen-bond acceptors (Lipinski definition) is 5. The number of rotatable bonds is 7. The fraction of sp³-hybridized carbons (Fsp3) is 0.643. The SMILES string of the molecule is CCOC(=O)/C=C/C(CCC(N)=O)NC(=O)OC(C)(C)C. The summed E-state index contributed by atoms with van der Waals surface area (Å²) in [5.74, 6) is -1.01. The molecule has 0 fully saturated rings. The Hall–Kier alpha value is -2.05. The minimum absolute atomic E-state index is 0.0770.